The first-order valence-electron chi connectivity index (χ1n) is 10.3. The van der Waals surface area contributed by atoms with Crippen LogP contribution in [0.2, 0.25) is 5.02 Å². The van der Waals surface area contributed by atoms with Crippen LogP contribution in [0.4, 0.5) is 4.39 Å². The summed E-state index contributed by atoms with van der Waals surface area (Å²) in [5.74, 6) is -0.821. The van der Waals surface area contributed by atoms with E-state index in [2.05, 4.69) is 0 Å². The van der Waals surface area contributed by atoms with Crippen LogP contribution in [0.3, 0.4) is 0 Å². The molecule has 0 fully saturated rings. The van der Waals surface area contributed by atoms with Crippen molar-refractivity contribution in [2.24, 2.45) is 0 Å². The first-order valence-corrected chi connectivity index (χ1v) is 10.7. The van der Waals surface area contributed by atoms with E-state index in [1.54, 1.807) is 12.1 Å². The van der Waals surface area contributed by atoms with Crippen molar-refractivity contribution in [3.05, 3.63) is 99.6 Å². The number of fused-ring (bicyclic) bond motifs is 1. The zero-order valence-corrected chi connectivity index (χ0v) is 18.9. The second-order valence-corrected chi connectivity index (χ2v) is 7.80. The van der Waals surface area contributed by atoms with Crippen molar-refractivity contribution in [1.82, 2.24) is 0 Å². The van der Waals surface area contributed by atoms with Gasteiger partial charge in [0.05, 0.1) is 25.3 Å². The van der Waals surface area contributed by atoms with Crippen molar-refractivity contribution in [1.29, 1.82) is 0 Å². The molecule has 1 aromatic heterocycles. The summed E-state index contributed by atoms with van der Waals surface area (Å²) in [6.07, 6.45) is -1.03. The summed E-state index contributed by atoms with van der Waals surface area (Å²) in [6.45, 7) is 0.251. The first kappa shape index (κ1) is 23.5. The molecule has 0 saturated heterocycles. The fraction of sp³-hybridized carbons (Fsp3) is 0.154. The van der Waals surface area contributed by atoms with Gasteiger partial charge < -0.3 is 18.6 Å². The minimum absolute atomic E-state index is 0.0468. The highest BCUT2D eigenvalue weighted by Gasteiger charge is 2.22. The molecule has 0 spiro atoms. The van der Waals surface area contributed by atoms with Gasteiger partial charge in [0, 0.05) is 28.6 Å². The third-order valence-corrected chi connectivity index (χ3v) is 5.37. The minimum Gasteiger partial charge on any atom is -0.476 e. The zero-order valence-electron chi connectivity index (χ0n) is 18.1. The molecule has 34 heavy (non-hydrogen) atoms. The van der Waals surface area contributed by atoms with Gasteiger partial charge in [-0.15, -0.1) is 0 Å². The number of hydrogen-bond acceptors (Lipinski definition) is 6. The van der Waals surface area contributed by atoms with Crippen LogP contribution in [-0.4, -0.2) is 25.8 Å². The summed E-state index contributed by atoms with van der Waals surface area (Å²) >= 11 is 6.20. The average molecular weight is 483 g/mol. The molecule has 0 bridgehead atoms. The Hall–Kier alpha value is -3.68. The Bertz CT molecular complexity index is 1370. The second-order valence-electron chi connectivity index (χ2n) is 7.39. The smallest absolute Gasteiger partial charge is 0.349 e. The first-order chi connectivity index (χ1) is 16.4. The van der Waals surface area contributed by atoms with Crippen LogP contribution in [0, 0.1) is 5.82 Å². The molecule has 4 rings (SSSR count). The van der Waals surface area contributed by atoms with Crippen molar-refractivity contribution in [3.63, 3.8) is 0 Å². The molecule has 0 aliphatic carbocycles. The van der Waals surface area contributed by atoms with Crippen molar-refractivity contribution in [3.8, 4) is 16.9 Å². The number of hydrogen-bond donors (Lipinski definition) is 0. The third-order valence-electron chi connectivity index (χ3n) is 5.06. The van der Waals surface area contributed by atoms with Gasteiger partial charge in [-0.1, -0.05) is 41.9 Å². The molecule has 1 heterocycles. The highest BCUT2D eigenvalue weighted by molar-refractivity contribution is 6.33. The summed E-state index contributed by atoms with van der Waals surface area (Å²) in [4.78, 5) is 24.4. The Morgan fingerprint density at radius 2 is 1.82 bits per heavy atom. The minimum atomic E-state index is -1.03. The van der Waals surface area contributed by atoms with E-state index < -0.39 is 23.5 Å². The number of methoxy groups -OCH3 is 1. The summed E-state index contributed by atoms with van der Waals surface area (Å²) in [6, 6.07) is 19.5. The lowest BCUT2D eigenvalue weighted by Gasteiger charge is -2.17. The largest absolute Gasteiger partial charge is 0.476 e. The lowest BCUT2D eigenvalue weighted by Crippen LogP contribution is -2.33. The average Bonchev–Trinajstić information content (AvgIpc) is 2.83. The van der Waals surface area contributed by atoms with E-state index in [-0.39, 0.29) is 23.0 Å². The predicted octanol–water partition coefficient (Wildman–Crippen LogP) is 5.39. The monoisotopic (exact) mass is 482 g/mol. The van der Waals surface area contributed by atoms with Gasteiger partial charge in [0.15, 0.2) is 0 Å². The molecule has 3 aromatic carbocycles. The van der Waals surface area contributed by atoms with Crippen LogP contribution in [0.1, 0.15) is 5.56 Å². The molecule has 6 nitrogen and oxygen atoms in total. The van der Waals surface area contributed by atoms with Gasteiger partial charge >= 0.3 is 11.6 Å². The van der Waals surface area contributed by atoms with E-state index in [0.29, 0.717) is 23.1 Å². The Balaban J connectivity index is 1.59. The number of rotatable bonds is 8. The van der Waals surface area contributed by atoms with Crippen LogP contribution in [-0.2, 0) is 20.9 Å². The number of halogens is 2. The maximum atomic E-state index is 13.5. The highest BCUT2D eigenvalue weighted by atomic mass is 35.5. The Kier molecular flexibility index (Phi) is 7.25. The van der Waals surface area contributed by atoms with Gasteiger partial charge in [-0.3, -0.25) is 0 Å². The maximum Gasteiger partial charge on any atom is 0.349 e. The molecule has 0 radical (unpaired) electrons. The SMILES string of the molecule is COC(=O)[C@@H](COCc1ccccc1)Oc1ccc2c(-c3ccc(F)cc3Cl)cc(=O)oc2c1. The number of esters is 1. The molecule has 0 amide bonds. The molecule has 1 atom stereocenters. The molecule has 0 aliphatic heterocycles. The number of carbonyl (C=O) groups excluding carboxylic acids is 1. The van der Waals surface area contributed by atoms with E-state index in [1.165, 1.54) is 37.4 Å². The quantitative estimate of drug-likeness (QED) is 0.247. The fourth-order valence-corrected chi connectivity index (χ4v) is 3.72. The lowest BCUT2D eigenvalue weighted by molar-refractivity contribution is -0.152. The van der Waals surface area contributed by atoms with Gasteiger partial charge in [0.25, 0.3) is 0 Å². The van der Waals surface area contributed by atoms with E-state index in [4.69, 9.17) is 30.2 Å². The van der Waals surface area contributed by atoms with Gasteiger partial charge in [-0.2, -0.15) is 0 Å². The standard InChI is InChI=1S/C26H20ClFO6/c1-31-26(30)24(15-32-14-16-5-3-2-4-6-16)33-18-8-10-20-21(13-25(29)34-23(20)12-18)19-9-7-17(28)11-22(19)27/h2-13,24H,14-15H2,1H3/t24-/m1/s1. The van der Waals surface area contributed by atoms with E-state index >= 15 is 0 Å². The molecule has 0 aliphatic rings. The molecule has 174 valence electrons. The second kappa shape index (κ2) is 10.5. The molecular weight excluding hydrogens is 463 g/mol. The summed E-state index contributed by atoms with van der Waals surface area (Å²) in [7, 11) is 1.26. The topological polar surface area (TPSA) is 75.0 Å². The summed E-state index contributed by atoms with van der Waals surface area (Å²) in [5, 5.41) is 0.726. The van der Waals surface area contributed by atoms with Gasteiger partial charge in [0.2, 0.25) is 6.10 Å². The normalized spacial score (nSPS) is 11.9. The summed E-state index contributed by atoms with van der Waals surface area (Å²) < 4.78 is 35.1. The van der Waals surface area contributed by atoms with E-state index in [0.717, 1.165) is 5.56 Å². The fourth-order valence-electron chi connectivity index (χ4n) is 3.45. The van der Waals surface area contributed by atoms with Crippen molar-refractivity contribution in [2.75, 3.05) is 13.7 Å². The van der Waals surface area contributed by atoms with Crippen LogP contribution in [0.25, 0.3) is 22.1 Å². The Morgan fingerprint density at radius 1 is 1.03 bits per heavy atom. The predicted molar refractivity (Wildman–Crippen MR) is 125 cm³/mol. The van der Waals surface area contributed by atoms with Gasteiger partial charge in [0.1, 0.15) is 17.1 Å². The number of carbonyl (C=O) groups is 1. The number of ether oxygens (including phenoxy) is 3. The lowest BCUT2D eigenvalue weighted by atomic mass is 10.0. The third kappa shape index (κ3) is 5.44. The molecular formula is C26H20ClFO6. The highest BCUT2D eigenvalue weighted by Crippen LogP contribution is 2.34. The molecule has 4 aromatic rings. The van der Waals surface area contributed by atoms with Crippen LogP contribution in [0.5, 0.6) is 5.75 Å². The van der Waals surface area contributed by atoms with Crippen LogP contribution >= 0.6 is 11.6 Å². The van der Waals surface area contributed by atoms with E-state index in [1.807, 2.05) is 30.3 Å². The summed E-state index contributed by atoms with van der Waals surface area (Å²) in [5.41, 5.74) is 1.52. The molecule has 0 saturated carbocycles. The van der Waals surface area contributed by atoms with Crippen LogP contribution in [0.15, 0.2) is 82.0 Å². The number of benzene rings is 3. The maximum absolute atomic E-state index is 13.5. The molecule has 8 heteroatoms. The zero-order chi connectivity index (χ0) is 24.1. The van der Waals surface area contributed by atoms with Gasteiger partial charge in [-0.05, 0) is 35.9 Å². The van der Waals surface area contributed by atoms with Crippen molar-refractivity contribution >= 4 is 28.5 Å². The van der Waals surface area contributed by atoms with Crippen molar-refractivity contribution < 1.29 is 27.8 Å². The Labute approximate surface area is 199 Å². The van der Waals surface area contributed by atoms with Crippen LogP contribution < -0.4 is 10.4 Å². The Morgan fingerprint density at radius 3 is 2.56 bits per heavy atom. The van der Waals surface area contributed by atoms with E-state index in [9.17, 15) is 14.0 Å². The van der Waals surface area contributed by atoms with Gasteiger partial charge in [-0.25, -0.2) is 14.0 Å². The molecule has 0 N–H and O–H groups in total. The molecule has 0 unspecified atom stereocenters. The van der Waals surface area contributed by atoms with Crippen molar-refractivity contribution in [2.45, 2.75) is 12.7 Å².